The van der Waals surface area contributed by atoms with Gasteiger partial charge in [0.1, 0.15) is 0 Å². The SMILES string of the molecule is COCC(C)CNCc1ccc(C#N)cc1Cl. The van der Waals surface area contributed by atoms with E-state index in [0.29, 0.717) is 23.0 Å². The highest BCUT2D eigenvalue weighted by molar-refractivity contribution is 6.31. The van der Waals surface area contributed by atoms with Gasteiger partial charge in [0.25, 0.3) is 0 Å². The average molecular weight is 253 g/mol. The molecule has 4 heteroatoms. The van der Waals surface area contributed by atoms with Gasteiger partial charge in [0, 0.05) is 31.8 Å². The minimum atomic E-state index is 0.470. The maximum atomic E-state index is 8.72. The molecule has 0 bridgehead atoms. The Morgan fingerprint density at radius 2 is 2.29 bits per heavy atom. The number of benzene rings is 1. The Balaban J connectivity index is 2.45. The Labute approximate surface area is 107 Å². The first kappa shape index (κ1) is 14.0. The molecule has 92 valence electrons. The second-order valence-electron chi connectivity index (χ2n) is 4.11. The summed E-state index contributed by atoms with van der Waals surface area (Å²) in [7, 11) is 1.70. The number of hydrogen-bond donors (Lipinski definition) is 1. The van der Waals surface area contributed by atoms with Crippen LogP contribution in [0, 0.1) is 17.2 Å². The molecule has 0 aromatic heterocycles. The average Bonchev–Trinajstić information content (AvgIpc) is 2.31. The molecular weight excluding hydrogens is 236 g/mol. The van der Waals surface area contributed by atoms with Crippen LogP contribution in [0.5, 0.6) is 0 Å². The van der Waals surface area contributed by atoms with E-state index in [9.17, 15) is 0 Å². The predicted octanol–water partition coefficient (Wildman–Crippen LogP) is 2.58. The molecule has 17 heavy (non-hydrogen) atoms. The second-order valence-corrected chi connectivity index (χ2v) is 4.52. The number of nitrogens with zero attached hydrogens (tertiary/aromatic N) is 1. The van der Waals surface area contributed by atoms with E-state index in [0.717, 1.165) is 18.7 Å². The van der Waals surface area contributed by atoms with Gasteiger partial charge in [0.05, 0.1) is 11.6 Å². The summed E-state index contributed by atoms with van der Waals surface area (Å²) in [6.07, 6.45) is 0. The molecule has 3 nitrogen and oxygen atoms in total. The van der Waals surface area contributed by atoms with Crippen LogP contribution in [0.25, 0.3) is 0 Å². The third-order valence-electron chi connectivity index (χ3n) is 2.44. The maximum Gasteiger partial charge on any atom is 0.0992 e. The van der Waals surface area contributed by atoms with Gasteiger partial charge in [0.15, 0.2) is 0 Å². The van der Waals surface area contributed by atoms with Gasteiger partial charge < -0.3 is 10.1 Å². The van der Waals surface area contributed by atoms with Crippen molar-refractivity contribution in [2.24, 2.45) is 5.92 Å². The van der Waals surface area contributed by atoms with Crippen molar-refractivity contribution in [1.82, 2.24) is 5.32 Å². The summed E-state index contributed by atoms with van der Waals surface area (Å²) < 4.78 is 5.06. The molecule has 1 unspecified atom stereocenters. The van der Waals surface area contributed by atoms with Crippen LogP contribution in [0.3, 0.4) is 0 Å². The molecule has 0 aliphatic carbocycles. The van der Waals surface area contributed by atoms with Crippen LogP contribution in [0.2, 0.25) is 5.02 Å². The van der Waals surface area contributed by atoms with E-state index in [1.807, 2.05) is 6.07 Å². The molecule has 1 rings (SSSR count). The topological polar surface area (TPSA) is 45.0 Å². The zero-order valence-corrected chi connectivity index (χ0v) is 10.9. The fourth-order valence-electron chi connectivity index (χ4n) is 1.56. The summed E-state index contributed by atoms with van der Waals surface area (Å²) in [6, 6.07) is 7.42. The lowest BCUT2D eigenvalue weighted by Crippen LogP contribution is -2.23. The number of halogens is 1. The fraction of sp³-hybridized carbons (Fsp3) is 0.462. The number of nitriles is 1. The summed E-state index contributed by atoms with van der Waals surface area (Å²) in [4.78, 5) is 0. The predicted molar refractivity (Wildman–Crippen MR) is 68.9 cm³/mol. The molecule has 0 aliphatic rings. The fourth-order valence-corrected chi connectivity index (χ4v) is 1.80. The van der Waals surface area contributed by atoms with Crippen molar-refractivity contribution < 1.29 is 4.74 Å². The molecule has 1 N–H and O–H groups in total. The van der Waals surface area contributed by atoms with Crippen molar-refractivity contribution in [2.45, 2.75) is 13.5 Å². The third kappa shape index (κ3) is 4.74. The highest BCUT2D eigenvalue weighted by Gasteiger charge is 2.04. The van der Waals surface area contributed by atoms with Gasteiger partial charge in [0.2, 0.25) is 0 Å². The van der Waals surface area contributed by atoms with Crippen LogP contribution in [0.4, 0.5) is 0 Å². The lowest BCUT2D eigenvalue weighted by Gasteiger charge is -2.12. The number of ether oxygens (including phenoxy) is 1. The van der Waals surface area contributed by atoms with Crippen molar-refractivity contribution in [2.75, 3.05) is 20.3 Å². The van der Waals surface area contributed by atoms with Gasteiger partial charge in [-0.05, 0) is 23.6 Å². The minimum absolute atomic E-state index is 0.470. The van der Waals surface area contributed by atoms with Crippen LogP contribution in [0.15, 0.2) is 18.2 Å². The third-order valence-corrected chi connectivity index (χ3v) is 2.79. The van der Waals surface area contributed by atoms with Gasteiger partial charge in [-0.15, -0.1) is 0 Å². The molecule has 0 saturated heterocycles. The summed E-state index contributed by atoms with van der Waals surface area (Å²) in [5.41, 5.74) is 1.60. The Morgan fingerprint density at radius 3 is 2.88 bits per heavy atom. The smallest absolute Gasteiger partial charge is 0.0992 e. The molecule has 0 radical (unpaired) electrons. The molecule has 1 aromatic carbocycles. The summed E-state index contributed by atoms with van der Waals surface area (Å²) >= 11 is 6.07. The van der Waals surface area contributed by atoms with Crippen LogP contribution in [-0.4, -0.2) is 20.3 Å². The van der Waals surface area contributed by atoms with E-state index in [-0.39, 0.29) is 0 Å². The molecule has 0 saturated carbocycles. The first-order chi connectivity index (χ1) is 8.17. The first-order valence-corrected chi connectivity index (χ1v) is 5.93. The van der Waals surface area contributed by atoms with Crippen molar-refractivity contribution in [1.29, 1.82) is 5.26 Å². The summed E-state index contributed by atoms with van der Waals surface area (Å²) in [5.74, 6) is 0.470. The molecular formula is C13H17ClN2O. The number of nitrogens with one attached hydrogen (secondary N) is 1. The second kappa shape index (κ2) is 7.29. The van der Waals surface area contributed by atoms with Gasteiger partial charge in [-0.3, -0.25) is 0 Å². The van der Waals surface area contributed by atoms with E-state index in [1.54, 1.807) is 19.2 Å². The molecule has 0 aliphatic heterocycles. The zero-order valence-electron chi connectivity index (χ0n) is 10.2. The van der Waals surface area contributed by atoms with Crippen LogP contribution in [0.1, 0.15) is 18.1 Å². The largest absolute Gasteiger partial charge is 0.384 e. The summed E-state index contributed by atoms with van der Waals surface area (Å²) in [5, 5.41) is 12.7. The van der Waals surface area contributed by atoms with Crippen molar-refractivity contribution in [3.63, 3.8) is 0 Å². The number of rotatable bonds is 6. The van der Waals surface area contributed by atoms with Crippen LogP contribution >= 0.6 is 11.6 Å². The molecule has 0 amide bonds. The van der Waals surface area contributed by atoms with E-state index in [1.165, 1.54) is 0 Å². The maximum absolute atomic E-state index is 8.72. The lowest BCUT2D eigenvalue weighted by atomic mass is 10.1. The molecule has 1 atom stereocenters. The quantitative estimate of drug-likeness (QED) is 0.847. The highest BCUT2D eigenvalue weighted by Crippen LogP contribution is 2.17. The highest BCUT2D eigenvalue weighted by atomic mass is 35.5. The van der Waals surface area contributed by atoms with Gasteiger partial charge in [-0.25, -0.2) is 0 Å². The van der Waals surface area contributed by atoms with Gasteiger partial charge >= 0.3 is 0 Å². The number of hydrogen-bond acceptors (Lipinski definition) is 3. The molecule has 0 spiro atoms. The minimum Gasteiger partial charge on any atom is -0.384 e. The van der Waals surface area contributed by atoms with Gasteiger partial charge in [-0.2, -0.15) is 5.26 Å². The van der Waals surface area contributed by atoms with Crippen LogP contribution < -0.4 is 5.32 Å². The van der Waals surface area contributed by atoms with E-state index < -0.39 is 0 Å². The Morgan fingerprint density at radius 1 is 1.53 bits per heavy atom. The number of methoxy groups -OCH3 is 1. The van der Waals surface area contributed by atoms with E-state index >= 15 is 0 Å². The van der Waals surface area contributed by atoms with E-state index in [4.69, 9.17) is 21.6 Å². The van der Waals surface area contributed by atoms with Crippen molar-refractivity contribution >= 4 is 11.6 Å². The molecule has 0 heterocycles. The monoisotopic (exact) mass is 252 g/mol. The normalized spacial score (nSPS) is 12.1. The lowest BCUT2D eigenvalue weighted by molar-refractivity contribution is 0.158. The Hall–Kier alpha value is -1.08. The zero-order chi connectivity index (χ0) is 12.7. The Bertz CT molecular complexity index is 401. The van der Waals surface area contributed by atoms with Crippen LogP contribution in [-0.2, 0) is 11.3 Å². The first-order valence-electron chi connectivity index (χ1n) is 5.55. The van der Waals surface area contributed by atoms with Gasteiger partial charge in [-0.1, -0.05) is 24.6 Å². The van der Waals surface area contributed by atoms with E-state index in [2.05, 4.69) is 18.3 Å². The summed E-state index contributed by atoms with van der Waals surface area (Å²) in [6.45, 7) is 4.45. The van der Waals surface area contributed by atoms with Crippen molar-refractivity contribution in [3.05, 3.63) is 34.3 Å². The van der Waals surface area contributed by atoms with Crippen molar-refractivity contribution in [3.8, 4) is 6.07 Å². The standard InChI is InChI=1S/C13H17ClN2O/c1-10(9-17-2)7-16-8-12-4-3-11(6-15)5-13(12)14/h3-5,10,16H,7-9H2,1-2H3. The Kier molecular flexibility index (Phi) is 5.99. The molecule has 1 aromatic rings. The molecule has 0 fully saturated rings.